The van der Waals surface area contributed by atoms with Gasteiger partial charge >= 0.3 is 0 Å². The normalized spacial score (nSPS) is 10.6. The second kappa shape index (κ2) is 8.33. The van der Waals surface area contributed by atoms with E-state index < -0.39 is 0 Å². The van der Waals surface area contributed by atoms with Crippen LogP contribution in [0.2, 0.25) is 0 Å². The number of amides is 1. The third kappa shape index (κ3) is 5.41. The number of hydrazone groups is 1. The third-order valence-electron chi connectivity index (χ3n) is 3.09. The van der Waals surface area contributed by atoms with Crippen molar-refractivity contribution >= 4 is 33.7 Å². The monoisotopic (exact) mass is 375 g/mol. The molecule has 23 heavy (non-hydrogen) atoms. The Morgan fingerprint density at radius 1 is 1.26 bits per heavy atom. The molecule has 1 amide bonds. The third-order valence-corrected chi connectivity index (χ3v) is 3.58. The number of halogens is 1. The lowest BCUT2D eigenvalue weighted by atomic mass is 10.2. The van der Waals surface area contributed by atoms with Gasteiger partial charge in [-0.15, -0.1) is 0 Å². The fourth-order valence-corrected chi connectivity index (χ4v) is 2.25. The minimum atomic E-state index is -0.226. The predicted octanol–water partition coefficient (Wildman–Crippen LogP) is 3.33. The lowest BCUT2D eigenvalue weighted by Gasteiger charge is -2.06. The molecule has 0 unspecified atom stereocenters. The topological polar surface area (TPSA) is 62.7 Å². The van der Waals surface area contributed by atoms with Crippen LogP contribution >= 0.6 is 15.9 Å². The van der Waals surface area contributed by atoms with E-state index in [2.05, 4.69) is 31.8 Å². The summed E-state index contributed by atoms with van der Waals surface area (Å²) in [7, 11) is 1.59. The van der Waals surface area contributed by atoms with Crippen LogP contribution in [0.25, 0.3) is 0 Å². The molecule has 6 heteroatoms. The van der Waals surface area contributed by atoms with Gasteiger partial charge in [-0.3, -0.25) is 4.79 Å². The van der Waals surface area contributed by atoms with Crippen molar-refractivity contribution in [3.05, 3.63) is 58.1 Å². The zero-order chi connectivity index (χ0) is 16.7. The minimum absolute atomic E-state index is 0.149. The van der Waals surface area contributed by atoms with E-state index >= 15 is 0 Å². The molecule has 2 rings (SSSR count). The van der Waals surface area contributed by atoms with Gasteiger partial charge in [-0.1, -0.05) is 33.6 Å². The van der Waals surface area contributed by atoms with Gasteiger partial charge in [-0.2, -0.15) is 5.10 Å². The molecule has 2 aromatic rings. The van der Waals surface area contributed by atoms with E-state index in [1.165, 1.54) is 5.56 Å². The molecule has 0 fully saturated rings. The number of carbonyl (C=O) groups excluding carboxylic acids is 1. The van der Waals surface area contributed by atoms with Crippen LogP contribution in [-0.2, 0) is 4.79 Å². The Morgan fingerprint density at radius 2 is 2.00 bits per heavy atom. The molecular formula is C17H18BrN3O2. The number of rotatable bonds is 6. The summed E-state index contributed by atoms with van der Waals surface area (Å²) < 4.78 is 6.15. The zero-order valence-corrected chi connectivity index (χ0v) is 14.6. The first kappa shape index (κ1) is 17.0. The van der Waals surface area contributed by atoms with E-state index in [0.29, 0.717) is 5.75 Å². The highest BCUT2D eigenvalue weighted by atomic mass is 79.9. The first-order valence-electron chi connectivity index (χ1n) is 7.04. The molecule has 120 valence electrons. The highest BCUT2D eigenvalue weighted by Crippen LogP contribution is 2.21. The van der Waals surface area contributed by atoms with Gasteiger partial charge in [0.2, 0.25) is 0 Å². The van der Waals surface area contributed by atoms with Gasteiger partial charge < -0.3 is 10.1 Å². The SMILES string of the molecule is COc1ccc(Br)cc1C=NNC(=O)CNc1ccc(C)cc1. The highest BCUT2D eigenvalue weighted by molar-refractivity contribution is 9.10. The average molecular weight is 376 g/mol. The zero-order valence-electron chi connectivity index (χ0n) is 13.0. The molecule has 0 aromatic heterocycles. The Balaban J connectivity index is 1.86. The number of nitrogens with one attached hydrogen (secondary N) is 2. The molecule has 0 bridgehead atoms. The molecule has 0 spiro atoms. The minimum Gasteiger partial charge on any atom is -0.496 e. The molecule has 0 atom stereocenters. The van der Waals surface area contributed by atoms with E-state index in [-0.39, 0.29) is 12.5 Å². The van der Waals surface area contributed by atoms with E-state index in [0.717, 1.165) is 15.7 Å². The summed E-state index contributed by atoms with van der Waals surface area (Å²) in [4.78, 5) is 11.8. The molecule has 0 saturated heterocycles. The number of ether oxygens (including phenoxy) is 1. The summed E-state index contributed by atoms with van der Waals surface area (Å²) in [5, 5.41) is 6.99. The van der Waals surface area contributed by atoms with E-state index in [1.54, 1.807) is 13.3 Å². The first-order chi connectivity index (χ1) is 11.1. The van der Waals surface area contributed by atoms with Crippen molar-refractivity contribution in [2.75, 3.05) is 19.0 Å². The number of carbonyl (C=O) groups is 1. The number of methoxy groups -OCH3 is 1. The predicted molar refractivity (Wildman–Crippen MR) is 96.1 cm³/mol. The van der Waals surface area contributed by atoms with Crippen LogP contribution in [0.15, 0.2) is 52.0 Å². The summed E-state index contributed by atoms with van der Waals surface area (Å²) in [5.41, 5.74) is 5.32. The lowest BCUT2D eigenvalue weighted by Crippen LogP contribution is -2.25. The van der Waals surface area contributed by atoms with Crippen molar-refractivity contribution in [3.8, 4) is 5.75 Å². The van der Waals surface area contributed by atoms with Crippen LogP contribution in [0, 0.1) is 6.92 Å². The second-order valence-electron chi connectivity index (χ2n) is 4.90. The highest BCUT2D eigenvalue weighted by Gasteiger charge is 2.02. The van der Waals surface area contributed by atoms with E-state index in [4.69, 9.17) is 4.74 Å². The smallest absolute Gasteiger partial charge is 0.259 e. The van der Waals surface area contributed by atoms with Crippen LogP contribution in [-0.4, -0.2) is 25.8 Å². The fraction of sp³-hybridized carbons (Fsp3) is 0.176. The van der Waals surface area contributed by atoms with Gasteiger partial charge in [0.25, 0.3) is 5.91 Å². The summed E-state index contributed by atoms with van der Waals surface area (Å²) in [6, 6.07) is 13.4. The molecule has 0 aliphatic rings. The molecular weight excluding hydrogens is 358 g/mol. The molecule has 5 nitrogen and oxygen atoms in total. The van der Waals surface area contributed by atoms with Crippen molar-refractivity contribution < 1.29 is 9.53 Å². The fourth-order valence-electron chi connectivity index (χ4n) is 1.87. The summed E-state index contributed by atoms with van der Waals surface area (Å²) in [6.07, 6.45) is 1.55. The van der Waals surface area contributed by atoms with Crippen molar-refractivity contribution in [1.29, 1.82) is 0 Å². The second-order valence-corrected chi connectivity index (χ2v) is 5.81. The van der Waals surface area contributed by atoms with Gasteiger partial charge in [0, 0.05) is 15.7 Å². The Kier molecular flexibility index (Phi) is 6.17. The van der Waals surface area contributed by atoms with Gasteiger partial charge in [-0.25, -0.2) is 5.43 Å². The number of aryl methyl sites for hydroxylation is 1. The maximum atomic E-state index is 11.8. The Bertz CT molecular complexity index is 699. The molecule has 2 N–H and O–H groups in total. The van der Waals surface area contributed by atoms with E-state index in [1.807, 2.05) is 49.4 Å². The number of nitrogens with zero attached hydrogens (tertiary/aromatic N) is 1. The van der Waals surface area contributed by atoms with Crippen LogP contribution in [0.3, 0.4) is 0 Å². The molecule has 0 aliphatic heterocycles. The van der Waals surface area contributed by atoms with Crippen molar-refractivity contribution in [2.45, 2.75) is 6.92 Å². The first-order valence-corrected chi connectivity index (χ1v) is 7.84. The number of anilines is 1. The van der Waals surface area contributed by atoms with Crippen molar-refractivity contribution in [3.63, 3.8) is 0 Å². The number of hydrogen-bond acceptors (Lipinski definition) is 4. The largest absolute Gasteiger partial charge is 0.496 e. The van der Waals surface area contributed by atoms with Crippen molar-refractivity contribution in [2.24, 2.45) is 5.10 Å². The van der Waals surface area contributed by atoms with Gasteiger partial charge in [0.05, 0.1) is 19.9 Å². The van der Waals surface area contributed by atoms with Gasteiger partial charge in [0.1, 0.15) is 5.75 Å². The Labute approximate surface area is 143 Å². The van der Waals surface area contributed by atoms with Gasteiger partial charge in [0.15, 0.2) is 0 Å². The number of hydrogen-bond donors (Lipinski definition) is 2. The molecule has 0 radical (unpaired) electrons. The van der Waals surface area contributed by atoms with Gasteiger partial charge in [-0.05, 0) is 37.3 Å². The summed E-state index contributed by atoms with van der Waals surface area (Å²) in [6.45, 7) is 2.16. The Hall–Kier alpha value is -2.34. The van der Waals surface area contributed by atoms with Crippen molar-refractivity contribution in [1.82, 2.24) is 5.43 Å². The molecule has 0 aliphatic carbocycles. The maximum absolute atomic E-state index is 11.8. The average Bonchev–Trinajstić information content (AvgIpc) is 2.54. The van der Waals surface area contributed by atoms with Crippen LogP contribution < -0.4 is 15.5 Å². The van der Waals surface area contributed by atoms with Crippen LogP contribution in [0.4, 0.5) is 5.69 Å². The molecule has 2 aromatic carbocycles. The quantitative estimate of drug-likeness (QED) is 0.601. The standard InChI is InChI=1S/C17H18BrN3O2/c1-12-3-6-15(7-4-12)19-11-17(22)21-20-10-13-9-14(18)5-8-16(13)23-2/h3-10,19H,11H2,1-2H3,(H,21,22). The van der Waals surface area contributed by atoms with E-state index in [9.17, 15) is 4.79 Å². The number of benzene rings is 2. The summed E-state index contributed by atoms with van der Waals surface area (Å²) in [5.74, 6) is 0.458. The van der Waals surface area contributed by atoms with Crippen LogP contribution in [0.1, 0.15) is 11.1 Å². The maximum Gasteiger partial charge on any atom is 0.259 e. The lowest BCUT2D eigenvalue weighted by molar-refractivity contribution is -0.119. The van der Waals surface area contributed by atoms with Crippen LogP contribution in [0.5, 0.6) is 5.75 Å². The Morgan fingerprint density at radius 3 is 2.70 bits per heavy atom. The summed E-state index contributed by atoms with van der Waals surface area (Å²) >= 11 is 3.39. The molecule has 0 heterocycles. The molecule has 0 saturated carbocycles.